The van der Waals surface area contributed by atoms with Gasteiger partial charge >= 0.3 is 0 Å². The molecular formula is C11H13N3O2. The van der Waals surface area contributed by atoms with E-state index in [9.17, 15) is 5.11 Å². The maximum Gasteiger partial charge on any atom is 0.160 e. The molecular weight excluding hydrogens is 206 g/mol. The monoisotopic (exact) mass is 219 g/mol. The van der Waals surface area contributed by atoms with Crippen molar-refractivity contribution in [3.8, 4) is 17.2 Å². The summed E-state index contributed by atoms with van der Waals surface area (Å²) in [6.45, 7) is 1.73. The van der Waals surface area contributed by atoms with Gasteiger partial charge in [0.1, 0.15) is 17.7 Å². The SMILES string of the molecule is CC(N)Oc1cnn(-c2ccccc2O)c1. The van der Waals surface area contributed by atoms with Crippen LogP contribution in [0.25, 0.3) is 5.69 Å². The molecule has 0 saturated carbocycles. The summed E-state index contributed by atoms with van der Waals surface area (Å²) in [5, 5.41) is 13.7. The van der Waals surface area contributed by atoms with E-state index in [4.69, 9.17) is 10.5 Å². The number of rotatable bonds is 3. The molecule has 0 bridgehead atoms. The lowest BCUT2D eigenvalue weighted by atomic mass is 10.3. The summed E-state index contributed by atoms with van der Waals surface area (Å²) in [7, 11) is 0. The largest absolute Gasteiger partial charge is 0.506 e. The molecule has 0 aliphatic rings. The number of nitrogens with zero attached hydrogens (tertiary/aromatic N) is 2. The quantitative estimate of drug-likeness (QED) is 0.762. The summed E-state index contributed by atoms with van der Waals surface area (Å²) in [5.41, 5.74) is 6.09. The summed E-state index contributed by atoms with van der Waals surface area (Å²) in [5.74, 6) is 0.733. The molecule has 2 rings (SSSR count). The number of hydrogen-bond donors (Lipinski definition) is 2. The van der Waals surface area contributed by atoms with Gasteiger partial charge in [0.15, 0.2) is 5.75 Å². The van der Waals surface area contributed by atoms with E-state index in [0.717, 1.165) is 0 Å². The highest BCUT2D eigenvalue weighted by Gasteiger charge is 2.06. The number of ether oxygens (including phenoxy) is 1. The summed E-state index contributed by atoms with van der Waals surface area (Å²) in [6.07, 6.45) is 2.83. The van der Waals surface area contributed by atoms with Crippen LogP contribution in [0.4, 0.5) is 0 Å². The Morgan fingerprint density at radius 1 is 1.44 bits per heavy atom. The number of phenols is 1. The van der Waals surface area contributed by atoms with E-state index in [2.05, 4.69) is 5.10 Å². The Balaban J connectivity index is 2.28. The number of benzene rings is 1. The van der Waals surface area contributed by atoms with E-state index in [0.29, 0.717) is 11.4 Å². The van der Waals surface area contributed by atoms with Crippen molar-refractivity contribution in [2.75, 3.05) is 0 Å². The Morgan fingerprint density at radius 3 is 2.88 bits per heavy atom. The van der Waals surface area contributed by atoms with Crippen molar-refractivity contribution >= 4 is 0 Å². The first-order valence-electron chi connectivity index (χ1n) is 4.92. The highest BCUT2D eigenvalue weighted by molar-refractivity contribution is 5.45. The lowest BCUT2D eigenvalue weighted by molar-refractivity contribution is 0.230. The summed E-state index contributed by atoms with van der Waals surface area (Å²) in [6, 6.07) is 6.94. The van der Waals surface area contributed by atoms with Crippen LogP contribution in [0.5, 0.6) is 11.5 Å². The number of phenolic OH excluding ortho intramolecular Hbond substituents is 1. The number of aromatic hydroxyl groups is 1. The fourth-order valence-corrected chi connectivity index (χ4v) is 1.37. The van der Waals surface area contributed by atoms with Crippen molar-refractivity contribution in [1.82, 2.24) is 9.78 Å². The third-order valence-electron chi connectivity index (χ3n) is 2.01. The molecule has 0 fully saturated rings. The van der Waals surface area contributed by atoms with Gasteiger partial charge in [0.05, 0.1) is 12.4 Å². The maximum atomic E-state index is 9.63. The summed E-state index contributed by atoms with van der Waals surface area (Å²) >= 11 is 0. The van der Waals surface area contributed by atoms with Crippen LogP contribution in [0, 0.1) is 0 Å². The van der Waals surface area contributed by atoms with Crippen LogP contribution in [0.2, 0.25) is 0 Å². The highest BCUT2D eigenvalue weighted by atomic mass is 16.5. The van der Waals surface area contributed by atoms with Crippen LogP contribution >= 0.6 is 0 Å². The first-order valence-corrected chi connectivity index (χ1v) is 4.92. The molecule has 1 aromatic heterocycles. The molecule has 16 heavy (non-hydrogen) atoms. The maximum absolute atomic E-state index is 9.63. The van der Waals surface area contributed by atoms with Crippen molar-refractivity contribution < 1.29 is 9.84 Å². The molecule has 2 aromatic rings. The molecule has 0 aliphatic carbocycles. The Labute approximate surface area is 93.1 Å². The molecule has 1 unspecified atom stereocenters. The fraction of sp³-hybridized carbons (Fsp3) is 0.182. The van der Waals surface area contributed by atoms with E-state index in [1.165, 1.54) is 4.68 Å². The van der Waals surface area contributed by atoms with Crippen LogP contribution in [-0.4, -0.2) is 21.1 Å². The normalized spacial score (nSPS) is 12.4. The number of para-hydroxylation sites is 2. The van der Waals surface area contributed by atoms with E-state index in [1.54, 1.807) is 37.5 Å². The average molecular weight is 219 g/mol. The predicted octanol–water partition coefficient (Wildman–Crippen LogP) is 1.26. The fourth-order valence-electron chi connectivity index (χ4n) is 1.37. The lowest BCUT2D eigenvalue weighted by Crippen LogP contribution is -2.22. The van der Waals surface area contributed by atoms with Gasteiger partial charge in [-0.1, -0.05) is 12.1 Å². The third kappa shape index (κ3) is 2.14. The van der Waals surface area contributed by atoms with Crippen molar-refractivity contribution in [3.05, 3.63) is 36.7 Å². The van der Waals surface area contributed by atoms with Crippen molar-refractivity contribution in [2.45, 2.75) is 13.2 Å². The van der Waals surface area contributed by atoms with Gasteiger partial charge in [0.2, 0.25) is 0 Å². The second-order valence-electron chi connectivity index (χ2n) is 3.43. The third-order valence-corrected chi connectivity index (χ3v) is 2.01. The number of aromatic nitrogens is 2. The average Bonchev–Trinajstić information content (AvgIpc) is 2.66. The Hall–Kier alpha value is -2.01. The van der Waals surface area contributed by atoms with E-state index < -0.39 is 0 Å². The van der Waals surface area contributed by atoms with Crippen LogP contribution in [0.3, 0.4) is 0 Å². The topological polar surface area (TPSA) is 73.3 Å². The Kier molecular flexibility index (Phi) is 2.78. The summed E-state index contributed by atoms with van der Waals surface area (Å²) < 4.78 is 6.80. The van der Waals surface area contributed by atoms with Crippen LogP contribution in [-0.2, 0) is 0 Å². The zero-order chi connectivity index (χ0) is 11.5. The minimum Gasteiger partial charge on any atom is -0.506 e. The van der Waals surface area contributed by atoms with Gasteiger partial charge in [-0.3, -0.25) is 5.73 Å². The van der Waals surface area contributed by atoms with Gasteiger partial charge in [-0.05, 0) is 19.1 Å². The van der Waals surface area contributed by atoms with Gasteiger partial charge in [-0.25, -0.2) is 4.68 Å². The molecule has 1 aromatic carbocycles. The first kappa shape index (κ1) is 10.5. The van der Waals surface area contributed by atoms with Gasteiger partial charge in [0.25, 0.3) is 0 Å². The van der Waals surface area contributed by atoms with Crippen LogP contribution < -0.4 is 10.5 Å². The predicted molar refractivity (Wildman–Crippen MR) is 59.5 cm³/mol. The second kappa shape index (κ2) is 4.24. The van der Waals surface area contributed by atoms with Crippen LogP contribution in [0.15, 0.2) is 36.7 Å². The first-order chi connectivity index (χ1) is 7.66. The molecule has 84 valence electrons. The molecule has 0 aliphatic heterocycles. The Morgan fingerprint density at radius 2 is 2.19 bits per heavy atom. The molecule has 0 spiro atoms. The number of nitrogens with two attached hydrogens (primary N) is 1. The molecule has 0 amide bonds. The van der Waals surface area contributed by atoms with Crippen molar-refractivity contribution in [3.63, 3.8) is 0 Å². The van der Waals surface area contributed by atoms with Crippen molar-refractivity contribution in [1.29, 1.82) is 0 Å². The Bertz CT molecular complexity index is 480. The minimum absolute atomic E-state index is 0.165. The van der Waals surface area contributed by atoms with E-state index in [-0.39, 0.29) is 12.0 Å². The minimum atomic E-state index is -0.387. The van der Waals surface area contributed by atoms with E-state index in [1.807, 2.05) is 6.07 Å². The molecule has 1 atom stereocenters. The smallest absolute Gasteiger partial charge is 0.160 e. The zero-order valence-electron chi connectivity index (χ0n) is 8.87. The molecule has 3 N–H and O–H groups in total. The molecule has 0 radical (unpaired) electrons. The molecule has 0 saturated heterocycles. The molecule has 5 nitrogen and oxygen atoms in total. The van der Waals surface area contributed by atoms with Gasteiger partial charge in [-0.2, -0.15) is 5.10 Å². The zero-order valence-corrected chi connectivity index (χ0v) is 8.87. The van der Waals surface area contributed by atoms with Crippen LogP contribution in [0.1, 0.15) is 6.92 Å². The standard InChI is InChI=1S/C11H13N3O2/c1-8(12)16-9-6-13-14(7-9)10-4-2-3-5-11(10)15/h2-8,15H,12H2,1H3. The van der Waals surface area contributed by atoms with Gasteiger partial charge < -0.3 is 9.84 Å². The van der Waals surface area contributed by atoms with E-state index >= 15 is 0 Å². The second-order valence-corrected chi connectivity index (χ2v) is 3.43. The molecule has 1 heterocycles. The van der Waals surface area contributed by atoms with Gasteiger partial charge in [0, 0.05) is 0 Å². The summed E-state index contributed by atoms with van der Waals surface area (Å²) in [4.78, 5) is 0. The molecule has 5 heteroatoms. The number of hydrogen-bond acceptors (Lipinski definition) is 4. The van der Waals surface area contributed by atoms with Crippen molar-refractivity contribution in [2.24, 2.45) is 5.73 Å². The van der Waals surface area contributed by atoms with Gasteiger partial charge in [-0.15, -0.1) is 0 Å². The lowest BCUT2D eigenvalue weighted by Gasteiger charge is -2.06. The highest BCUT2D eigenvalue weighted by Crippen LogP contribution is 2.22.